The molecule has 3 rings (SSSR count). The quantitative estimate of drug-likeness (QED) is 0.930. The Balaban J connectivity index is 1.62. The minimum absolute atomic E-state index is 0.159. The monoisotopic (exact) mass is 312 g/mol. The van der Waals surface area contributed by atoms with Crippen molar-refractivity contribution >= 4 is 21.8 Å². The fourth-order valence-corrected chi connectivity index (χ4v) is 3.47. The van der Waals surface area contributed by atoms with Gasteiger partial charge in [0.15, 0.2) is 4.67 Å². The molecule has 3 unspecified atom stereocenters. The Labute approximate surface area is 115 Å². The maximum atomic E-state index is 12.4. The van der Waals surface area contributed by atoms with E-state index in [0.717, 1.165) is 18.6 Å². The minimum atomic E-state index is 0.159. The number of fused-ring (bicyclic) bond motifs is 2. The molecule has 0 radical (unpaired) electrons. The van der Waals surface area contributed by atoms with Crippen molar-refractivity contribution in [3.05, 3.63) is 22.6 Å². The Hall–Kier alpha value is -0.810. The van der Waals surface area contributed by atoms with Gasteiger partial charge in [0, 0.05) is 19.1 Å². The molecule has 1 amide bonds. The lowest BCUT2D eigenvalue weighted by Crippen LogP contribution is -2.38. The van der Waals surface area contributed by atoms with Crippen molar-refractivity contribution in [3.63, 3.8) is 0 Å². The van der Waals surface area contributed by atoms with E-state index in [0.29, 0.717) is 23.3 Å². The van der Waals surface area contributed by atoms with Gasteiger partial charge in [0.25, 0.3) is 0 Å². The average Bonchev–Trinajstić information content (AvgIpc) is 3.04. The van der Waals surface area contributed by atoms with Crippen LogP contribution in [0.4, 0.5) is 0 Å². The molecule has 2 saturated heterocycles. The Morgan fingerprint density at radius 3 is 2.94 bits per heavy atom. The van der Waals surface area contributed by atoms with Crippen LogP contribution in [0.1, 0.15) is 25.0 Å². The molecule has 1 aromatic rings. The number of hydrogen-bond acceptors (Lipinski definition) is 3. The SMILES string of the molecule is CN(Cc1ccc(Br)o1)C(=O)C1CC2CCC1N2. The van der Waals surface area contributed by atoms with E-state index in [-0.39, 0.29) is 11.8 Å². The van der Waals surface area contributed by atoms with Crippen LogP contribution in [0, 0.1) is 5.92 Å². The van der Waals surface area contributed by atoms with Gasteiger partial charge in [-0.1, -0.05) is 0 Å². The van der Waals surface area contributed by atoms with E-state index in [1.54, 1.807) is 4.90 Å². The summed E-state index contributed by atoms with van der Waals surface area (Å²) >= 11 is 3.27. The summed E-state index contributed by atoms with van der Waals surface area (Å²) in [6.07, 6.45) is 3.36. The maximum Gasteiger partial charge on any atom is 0.227 e. The number of carbonyl (C=O) groups is 1. The molecule has 3 heterocycles. The van der Waals surface area contributed by atoms with Crippen LogP contribution < -0.4 is 5.32 Å². The molecule has 2 fully saturated rings. The molecular formula is C13H17BrN2O2. The lowest BCUT2D eigenvalue weighted by Gasteiger charge is -2.25. The van der Waals surface area contributed by atoms with Crippen molar-refractivity contribution in [1.29, 1.82) is 0 Å². The van der Waals surface area contributed by atoms with E-state index in [2.05, 4.69) is 21.2 Å². The van der Waals surface area contributed by atoms with Gasteiger partial charge in [-0.3, -0.25) is 4.79 Å². The molecule has 98 valence electrons. The molecule has 4 nitrogen and oxygen atoms in total. The van der Waals surface area contributed by atoms with Crippen LogP contribution in [0.3, 0.4) is 0 Å². The van der Waals surface area contributed by atoms with Crippen molar-refractivity contribution in [2.45, 2.75) is 37.9 Å². The molecule has 1 aromatic heterocycles. The lowest BCUT2D eigenvalue weighted by atomic mass is 9.88. The highest BCUT2D eigenvalue weighted by atomic mass is 79.9. The number of amides is 1. The van der Waals surface area contributed by atoms with Crippen molar-refractivity contribution in [2.75, 3.05) is 7.05 Å². The fourth-order valence-electron chi connectivity index (χ4n) is 3.13. The predicted octanol–water partition coefficient (Wildman–Crippen LogP) is 2.14. The summed E-state index contributed by atoms with van der Waals surface area (Å²) in [7, 11) is 1.85. The second kappa shape index (κ2) is 4.70. The topological polar surface area (TPSA) is 45.5 Å². The van der Waals surface area contributed by atoms with Crippen LogP contribution in [-0.2, 0) is 11.3 Å². The van der Waals surface area contributed by atoms with Crippen molar-refractivity contribution < 1.29 is 9.21 Å². The molecule has 0 aliphatic carbocycles. The molecule has 5 heteroatoms. The highest BCUT2D eigenvalue weighted by Crippen LogP contribution is 2.34. The third-order valence-corrected chi connectivity index (χ3v) is 4.44. The van der Waals surface area contributed by atoms with Crippen molar-refractivity contribution in [1.82, 2.24) is 10.2 Å². The molecule has 2 aliphatic rings. The highest BCUT2D eigenvalue weighted by Gasteiger charge is 2.43. The zero-order valence-corrected chi connectivity index (χ0v) is 11.9. The van der Waals surface area contributed by atoms with Gasteiger partial charge in [0.1, 0.15) is 5.76 Å². The van der Waals surface area contributed by atoms with Crippen LogP contribution in [0.5, 0.6) is 0 Å². The van der Waals surface area contributed by atoms with Gasteiger partial charge in [-0.2, -0.15) is 0 Å². The van der Waals surface area contributed by atoms with Gasteiger partial charge in [0.2, 0.25) is 5.91 Å². The molecule has 0 saturated carbocycles. The first-order valence-corrected chi connectivity index (χ1v) is 7.18. The second-order valence-electron chi connectivity index (χ2n) is 5.29. The summed E-state index contributed by atoms with van der Waals surface area (Å²) in [4.78, 5) is 14.2. The number of rotatable bonds is 3. The minimum Gasteiger partial charge on any atom is -0.452 e. The van der Waals surface area contributed by atoms with E-state index in [1.807, 2.05) is 19.2 Å². The van der Waals surface area contributed by atoms with Crippen LogP contribution in [0.25, 0.3) is 0 Å². The largest absolute Gasteiger partial charge is 0.452 e. The third-order valence-electron chi connectivity index (χ3n) is 4.02. The summed E-state index contributed by atoms with van der Waals surface area (Å²) < 4.78 is 6.14. The Morgan fingerprint density at radius 1 is 1.56 bits per heavy atom. The normalized spacial score (nSPS) is 29.8. The first kappa shape index (κ1) is 12.2. The zero-order chi connectivity index (χ0) is 12.7. The summed E-state index contributed by atoms with van der Waals surface area (Å²) in [6.45, 7) is 0.540. The Bertz CT molecular complexity index is 460. The number of hydrogen-bond donors (Lipinski definition) is 1. The predicted molar refractivity (Wildman–Crippen MR) is 70.9 cm³/mol. The van der Waals surface area contributed by atoms with E-state index < -0.39 is 0 Å². The third kappa shape index (κ3) is 2.21. The van der Waals surface area contributed by atoms with Crippen LogP contribution in [0.15, 0.2) is 21.2 Å². The molecule has 0 aromatic carbocycles. The maximum absolute atomic E-state index is 12.4. The van der Waals surface area contributed by atoms with Crippen molar-refractivity contribution in [2.24, 2.45) is 5.92 Å². The number of furan rings is 1. The fraction of sp³-hybridized carbons (Fsp3) is 0.615. The van der Waals surface area contributed by atoms with Crippen LogP contribution >= 0.6 is 15.9 Å². The van der Waals surface area contributed by atoms with Gasteiger partial charge in [-0.25, -0.2) is 0 Å². The molecule has 2 aliphatic heterocycles. The number of halogens is 1. The zero-order valence-electron chi connectivity index (χ0n) is 10.4. The first-order chi connectivity index (χ1) is 8.63. The van der Waals surface area contributed by atoms with Gasteiger partial charge in [-0.05, 0) is 47.3 Å². The van der Waals surface area contributed by atoms with Gasteiger partial charge in [0.05, 0.1) is 12.5 Å². The molecule has 3 atom stereocenters. The van der Waals surface area contributed by atoms with Crippen LogP contribution in [0.2, 0.25) is 0 Å². The highest BCUT2D eigenvalue weighted by molar-refractivity contribution is 9.10. The van der Waals surface area contributed by atoms with Gasteiger partial charge < -0.3 is 14.6 Å². The van der Waals surface area contributed by atoms with Gasteiger partial charge >= 0.3 is 0 Å². The summed E-state index contributed by atoms with van der Waals surface area (Å²) in [5.41, 5.74) is 0. The van der Waals surface area contributed by atoms with E-state index in [4.69, 9.17) is 4.42 Å². The molecular weight excluding hydrogens is 296 g/mol. The molecule has 0 spiro atoms. The van der Waals surface area contributed by atoms with Crippen molar-refractivity contribution in [3.8, 4) is 0 Å². The summed E-state index contributed by atoms with van der Waals surface area (Å²) in [5.74, 6) is 1.21. The van der Waals surface area contributed by atoms with Crippen LogP contribution in [-0.4, -0.2) is 29.9 Å². The lowest BCUT2D eigenvalue weighted by molar-refractivity contribution is -0.135. The second-order valence-corrected chi connectivity index (χ2v) is 6.07. The summed E-state index contributed by atoms with van der Waals surface area (Å²) in [5, 5.41) is 3.50. The smallest absolute Gasteiger partial charge is 0.227 e. The number of nitrogens with zero attached hydrogens (tertiary/aromatic N) is 1. The molecule has 18 heavy (non-hydrogen) atoms. The van der Waals surface area contributed by atoms with E-state index in [9.17, 15) is 4.79 Å². The standard InChI is InChI=1S/C13H17BrN2O2/c1-16(7-9-3-5-12(14)18-9)13(17)10-6-8-2-4-11(10)15-8/h3,5,8,10-11,15H,2,4,6-7H2,1H3. The van der Waals surface area contributed by atoms with Gasteiger partial charge in [-0.15, -0.1) is 0 Å². The molecule has 2 bridgehead atoms. The summed E-state index contributed by atoms with van der Waals surface area (Å²) in [6, 6.07) is 4.71. The number of nitrogens with one attached hydrogen (secondary N) is 1. The average molecular weight is 313 g/mol. The Morgan fingerprint density at radius 2 is 2.39 bits per heavy atom. The molecule has 1 N–H and O–H groups in total. The van der Waals surface area contributed by atoms with E-state index in [1.165, 1.54) is 6.42 Å². The van der Waals surface area contributed by atoms with E-state index >= 15 is 0 Å². The first-order valence-electron chi connectivity index (χ1n) is 6.38. The number of carbonyl (C=O) groups excluding carboxylic acids is 1. The Kier molecular flexibility index (Phi) is 3.20.